The van der Waals surface area contributed by atoms with Gasteiger partial charge in [0.1, 0.15) is 11.1 Å². The van der Waals surface area contributed by atoms with Gasteiger partial charge in [-0.05, 0) is 143 Å². The van der Waals surface area contributed by atoms with Crippen LogP contribution in [0.4, 0.5) is 0 Å². The summed E-state index contributed by atoms with van der Waals surface area (Å²) in [6.45, 7) is 0.711. The summed E-state index contributed by atoms with van der Waals surface area (Å²) < 4.78 is 33.5. The molecule has 1 N–H and O–H groups in total. The van der Waals surface area contributed by atoms with Crippen LogP contribution in [0.2, 0.25) is 0 Å². The van der Waals surface area contributed by atoms with Gasteiger partial charge >= 0.3 is 39.8 Å². The van der Waals surface area contributed by atoms with E-state index in [1.54, 1.807) is 0 Å². The van der Waals surface area contributed by atoms with Gasteiger partial charge in [0.15, 0.2) is 0 Å². The number of H-pyrrole nitrogens is 1. The predicted molar refractivity (Wildman–Crippen MR) is 360 cm³/mol. The SMILES string of the molecule is C1=C2C=c3cc4[nH]ccc4c4c3=[N+]2C23n5c1cc1c6c7c(c(c15)-c1ccc5ccc8ccc-4[n+]2c8c5[n+]13)=CC1=Cc2cc3c4c5c(cc8n5C59n%10c(cc%11cc%12c(c(c%11%10)-c%10ccc%11ccc%13ccc-4[n+]5c%13c%11[n+]%109)=CCN=%12)C8)c4c3n2C2([N+]=71)[n+]1c-6ccc3ccc5ccc-4[n+]2c5c31. The molecule has 0 fully saturated rings. The minimum atomic E-state index is -0.921. The lowest BCUT2D eigenvalue weighted by molar-refractivity contribution is -0.968. The molecule has 0 amide bonds. The Kier molecular flexibility index (Phi) is 5.21. The summed E-state index contributed by atoms with van der Waals surface area (Å²) in [5.74, 6) is -2.54. The zero-order valence-electron chi connectivity index (χ0n) is 50.1. The van der Waals surface area contributed by atoms with Gasteiger partial charge in [0.2, 0.25) is 56.3 Å². The Morgan fingerprint density at radius 2 is 0.844 bits per heavy atom. The van der Waals surface area contributed by atoms with Crippen LogP contribution < -0.4 is 68.3 Å². The number of nitrogens with zero attached hydrogens (tertiary/aromatic N) is 13. The number of hydrogen-bond acceptors (Lipinski definition) is 1. The molecule has 18 aromatic rings. The number of aromatic nitrogens is 11. The highest BCUT2D eigenvalue weighted by Gasteiger charge is 2.83. The molecule has 426 valence electrons. The monoisotopic (exact) mass is 1220 g/mol. The van der Waals surface area contributed by atoms with Crippen LogP contribution in [0.3, 0.4) is 0 Å². The fraction of sp³-hybridized carbons (Fsp3) is 0.0610. The van der Waals surface area contributed by atoms with Crippen molar-refractivity contribution in [2.75, 3.05) is 6.54 Å². The van der Waals surface area contributed by atoms with E-state index >= 15 is 0 Å². The van der Waals surface area contributed by atoms with E-state index < -0.39 is 17.7 Å². The lowest BCUT2D eigenvalue weighted by atomic mass is 9.92. The molecule has 0 saturated carbocycles. The second-order valence-corrected chi connectivity index (χ2v) is 29.8. The van der Waals surface area contributed by atoms with E-state index in [4.69, 9.17) is 4.99 Å². The molecular weight excluding hydrogens is 1180 g/mol. The van der Waals surface area contributed by atoms with Gasteiger partial charge in [-0.15, -0.1) is 0 Å². The third kappa shape index (κ3) is 3.33. The number of nitrogens with one attached hydrogen (secondary N) is 1. The van der Waals surface area contributed by atoms with Crippen LogP contribution in [0.15, 0.2) is 174 Å². The van der Waals surface area contributed by atoms with Gasteiger partial charge in [-0.2, -0.15) is 9.13 Å². The fourth-order valence-electron chi connectivity index (χ4n) is 24.1. The van der Waals surface area contributed by atoms with Crippen LogP contribution in [-0.4, -0.2) is 29.8 Å². The first-order valence-electron chi connectivity index (χ1n) is 33.9. The second-order valence-electron chi connectivity index (χ2n) is 29.8. The molecule has 0 radical (unpaired) electrons. The average Bonchev–Trinajstić information content (AvgIpc) is 1.44. The Bertz CT molecular complexity index is 8400. The molecule has 3 atom stereocenters. The van der Waals surface area contributed by atoms with Gasteiger partial charge in [0, 0.05) is 122 Å². The van der Waals surface area contributed by atoms with Gasteiger partial charge in [0.05, 0.1) is 110 Å². The van der Waals surface area contributed by atoms with E-state index in [1.807, 2.05) is 0 Å². The third-order valence-corrected chi connectivity index (χ3v) is 26.6. The van der Waals surface area contributed by atoms with Crippen molar-refractivity contribution in [2.45, 2.75) is 24.2 Å². The number of pyridine rings is 6. The van der Waals surface area contributed by atoms with Crippen LogP contribution in [0, 0.1) is 0 Å². The molecule has 11 aromatic heterocycles. The van der Waals surface area contributed by atoms with Crippen LogP contribution in [0.1, 0.15) is 22.8 Å². The Morgan fingerprint density at radius 1 is 0.375 bits per heavy atom. The van der Waals surface area contributed by atoms with E-state index in [9.17, 15) is 0 Å². The Labute approximate surface area is 534 Å². The van der Waals surface area contributed by atoms with E-state index in [-0.39, 0.29) is 0 Å². The summed E-state index contributed by atoms with van der Waals surface area (Å²) in [5, 5.41) is 21.3. The van der Waals surface area contributed by atoms with Crippen molar-refractivity contribution in [1.82, 2.24) is 32.4 Å². The van der Waals surface area contributed by atoms with Crippen molar-refractivity contribution >= 4 is 150 Å². The maximum atomic E-state index is 5.10. The van der Waals surface area contributed by atoms with Gasteiger partial charge in [0.25, 0.3) is 11.0 Å². The number of benzene rings is 7. The molecule has 96 heavy (non-hydrogen) atoms. The Balaban J connectivity index is 0.767. The van der Waals surface area contributed by atoms with Crippen LogP contribution in [0.25, 0.3) is 218 Å². The summed E-state index contributed by atoms with van der Waals surface area (Å²) >= 11 is 0. The predicted octanol–water partition coefficient (Wildman–Crippen LogP) is 5.99. The van der Waals surface area contributed by atoms with Crippen LogP contribution in [0.5, 0.6) is 0 Å². The van der Waals surface area contributed by atoms with Crippen LogP contribution >= 0.6 is 0 Å². The molecule has 0 saturated heterocycles. The van der Waals surface area contributed by atoms with Crippen molar-refractivity contribution in [3.63, 3.8) is 0 Å². The quantitative estimate of drug-likeness (QED) is 0.143. The highest BCUT2D eigenvalue weighted by molar-refractivity contribution is 6.22. The summed E-state index contributed by atoms with van der Waals surface area (Å²) in [6, 6.07) is 60.9. The van der Waals surface area contributed by atoms with Gasteiger partial charge in [-0.3, -0.25) is 4.99 Å². The average molecular weight is 1220 g/mol. The highest BCUT2D eigenvalue weighted by atomic mass is 15.6. The van der Waals surface area contributed by atoms with Gasteiger partial charge in [-0.1, -0.05) is 15.2 Å². The highest BCUT2D eigenvalue weighted by Crippen LogP contribution is 2.58. The second kappa shape index (κ2) is 11.8. The normalized spacial score (nSPS) is 21.4. The molecule has 0 bridgehead atoms. The molecule has 3 spiro atoms. The van der Waals surface area contributed by atoms with Gasteiger partial charge < -0.3 is 4.98 Å². The molecule has 33 rings (SSSR count). The number of rotatable bonds is 0. The first-order chi connectivity index (χ1) is 47.6. The number of hydrogen-bond donors (Lipinski definition) is 1. The molecule has 0 aliphatic carbocycles. The molecule has 15 aliphatic heterocycles. The summed E-state index contributed by atoms with van der Waals surface area (Å²) in [6.07, 6.45) is 15.4. The first-order valence-corrected chi connectivity index (χ1v) is 33.9. The maximum Gasteiger partial charge on any atom is 0.667 e. The first kappa shape index (κ1) is 42.4. The zero-order chi connectivity index (χ0) is 59.7. The van der Waals surface area contributed by atoms with Crippen molar-refractivity contribution in [1.29, 1.82) is 0 Å². The summed E-state index contributed by atoms with van der Waals surface area (Å²) in [4.78, 5) is 8.74. The number of fused-ring (bicyclic) bond motifs is 14. The van der Waals surface area contributed by atoms with E-state index in [2.05, 4.69) is 248 Å². The summed E-state index contributed by atoms with van der Waals surface area (Å²) in [7, 11) is 0. The van der Waals surface area contributed by atoms with Crippen molar-refractivity contribution in [2.24, 2.45) is 4.99 Å². The molecule has 14 nitrogen and oxygen atoms in total. The standard InChI is InChI=1S/C82H35N14/c1-3-36-9-15-58-64-52-32-46-29-47-33-53-65-59-16-10-37-4-2-35-8-14-57-63-49-20-22-84-55(49)26-41-24-43-28-45-31-51(77(65)88(45)81(86(43)69(41)63)92(57)71(35)73(37)94(59)81)67-61-18-12-39-6-5-38-11-17-60-66(78(52)89(46)82(90(47)79(53)67)95(60)74(38)75(39)96(61)82)50-30-44-27-42-23-40-25-54-48(19-21-83-54)62-56-13-7-34(1)70-72(36)93(58)80(91(56)70,85(42)68(40)62)87(44)76(50)64/h1-21,23-27,29-33H,22,28H2/q+7/p+1. The topological polar surface area (TPSA) is 77.2 Å². The van der Waals surface area contributed by atoms with E-state index in [0.29, 0.717) is 6.54 Å². The minimum absolute atomic E-state index is 0.711. The molecule has 3 unspecified atom stereocenters. The van der Waals surface area contributed by atoms with E-state index in [1.165, 1.54) is 242 Å². The van der Waals surface area contributed by atoms with Crippen molar-refractivity contribution < 1.29 is 27.4 Å². The Morgan fingerprint density at radius 3 is 1.48 bits per heavy atom. The largest absolute Gasteiger partial charge is 0.667 e. The van der Waals surface area contributed by atoms with Gasteiger partial charge in [-0.25, -0.2) is 9.13 Å². The Hall–Kier alpha value is -12.8. The summed E-state index contributed by atoms with van der Waals surface area (Å²) in [5.41, 5.74) is 36.8. The molecule has 14 heteroatoms. The molecular formula is C82H36N14+8. The minimum Gasteiger partial charge on any atom is -0.361 e. The smallest absolute Gasteiger partial charge is 0.361 e. The van der Waals surface area contributed by atoms with E-state index in [0.717, 1.165) is 17.3 Å². The fourth-order valence-corrected chi connectivity index (χ4v) is 24.1. The zero-order valence-corrected chi connectivity index (χ0v) is 50.1. The molecule has 15 aliphatic rings. The van der Waals surface area contributed by atoms with Crippen LogP contribution in [-0.2, 0) is 24.2 Å². The van der Waals surface area contributed by atoms with Crippen molar-refractivity contribution in [3.05, 3.63) is 224 Å². The molecule has 26 heterocycles. The lowest BCUT2D eigenvalue weighted by Gasteiger charge is -2.36. The molecule has 7 aromatic carbocycles. The number of allylic oxidation sites excluding steroid dienone is 2. The maximum absolute atomic E-state index is 5.10. The van der Waals surface area contributed by atoms with Crippen molar-refractivity contribution in [3.8, 4) is 67.5 Å². The third-order valence-electron chi connectivity index (χ3n) is 26.6. The number of aromatic amines is 1. The lowest BCUT2D eigenvalue weighted by Crippen LogP contribution is -2.86.